The summed E-state index contributed by atoms with van der Waals surface area (Å²) in [6.07, 6.45) is 8.33. The zero-order chi connectivity index (χ0) is 25.5. The van der Waals surface area contributed by atoms with Gasteiger partial charge in [0, 0.05) is 45.0 Å². The van der Waals surface area contributed by atoms with Crippen LogP contribution in [0.5, 0.6) is 5.75 Å². The van der Waals surface area contributed by atoms with E-state index < -0.39 is 0 Å². The third kappa shape index (κ3) is 6.36. The zero-order valence-electron chi connectivity index (χ0n) is 20.5. The molecule has 0 saturated carbocycles. The van der Waals surface area contributed by atoms with Gasteiger partial charge in [-0.25, -0.2) is 19.9 Å². The third-order valence-corrected chi connectivity index (χ3v) is 5.92. The molecule has 1 saturated heterocycles. The van der Waals surface area contributed by atoms with Gasteiger partial charge in [0.15, 0.2) is 23.2 Å². The molecule has 0 aliphatic carbocycles. The monoisotopic (exact) mass is 502 g/mol. The number of anilines is 2. The largest absolute Gasteiger partial charge is 0.761 e. The van der Waals surface area contributed by atoms with Crippen LogP contribution in [0.25, 0.3) is 22.8 Å². The molecule has 12 nitrogen and oxygen atoms in total. The lowest BCUT2D eigenvalue weighted by molar-refractivity contribution is 0.0322. The van der Waals surface area contributed by atoms with Crippen molar-refractivity contribution < 1.29 is 9.47 Å². The second-order valence-corrected chi connectivity index (χ2v) is 8.56. The molecule has 0 atom stereocenters. The molecule has 1 aromatic carbocycles. The van der Waals surface area contributed by atoms with Gasteiger partial charge >= 0.3 is 0 Å². The van der Waals surface area contributed by atoms with Gasteiger partial charge in [0.05, 0.1) is 49.3 Å². The summed E-state index contributed by atoms with van der Waals surface area (Å²) in [4.78, 5) is 20.0. The van der Waals surface area contributed by atoms with Crippen molar-refractivity contribution in [2.45, 2.75) is 6.54 Å². The van der Waals surface area contributed by atoms with Gasteiger partial charge in [0.1, 0.15) is 6.61 Å². The average Bonchev–Trinajstić information content (AvgIpc) is 3.39. The van der Waals surface area contributed by atoms with Crippen LogP contribution in [0.3, 0.4) is 0 Å². The number of aromatic nitrogens is 6. The Balaban J connectivity index is 1.21. The van der Waals surface area contributed by atoms with E-state index >= 15 is 0 Å². The van der Waals surface area contributed by atoms with E-state index in [2.05, 4.69) is 35.3 Å². The number of ether oxygens (including phenoxy) is 2. The second kappa shape index (κ2) is 11.7. The van der Waals surface area contributed by atoms with Crippen LogP contribution in [0, 0.1) is 5.21 Å². The lowest BCUT2D eigenvalue weighted by Gasteiger charge is -2.26. The molecule has 1 aliphatic heterocycles. The van der Waals surface area contributed by atoms with E-state index in [9.17, 15) is 5.21 Å². The summed E-state index contributed by atoms with van der Waals surface area (Å²) in [6.45, 7) is 5.27. The molecular formula is C25H28N9O3-. The van der Waals surface area contributed by atoms with Crippen molar-refractivity contribution in [1.29, 1.82) is 0 Å². The van der Waals surface area contributed by atoms with Gasteiger partial charge in [-0.2, -0.15) is 5.10 Å². The number of nitrogens with one attached hydrogen (secondary N) is 2. The van der Waals surface area contributed by atoms with Crippen molar-refractivity contribution in [3.8, 4) is 28.5 Å². The summed E-state index contributed by atoms with van der Waals surface area (Å²) >= 11 is 0. The van der Waals surface area contributed by atoms with Crippen molar-refractivity contribution in [3.63, 3.8) is 0 Å². The Kier molecular flexibility index (Phi) is 7.79. The molecule has 4 heterocycles. The topological polar surface area (TPSA) is 138 Å². The highest BCUT2D eigenvalue weighted by Gasteiger charge is 2.11. The molecule has 12 heteroatoms. The Morgan fingerprint density at radius 1 is 1.03 bits per heavy atom. The van der Waals surface area contributed by atoms with Crippen molar-refractivity contribution >= 4 is 11.5 Å². The Morgan fingerprint density at radius 3 is 2.59 bits per heavy atom. The first-order valence-electron chi connectivity index (χ1n) is 12.0. The fourth-order valence-corrected chi connectivity index (χ4v) is 3.93. The predicted octanol–water partition coefficient (Wildman–Crippen LogP) is 2.57. The van der Waals surface area contributed by atoms with Gasteiger partial charge < -0.3 is 25.5 Å². The highest BCUT2D eigenvalue weighted by Crippen LogP contribution is 2.24. The molecule has 1 aliphatic rings. The molecular weight excluding hydrogens is 474 g/mol. The Bertz CT molecular complexity index is 1310. The Labute approximate surface area is 214 Å². The zero-order valence-corrected chi connectivity index (χ0v) is 20.5. The van der Waals surface area contributed by atoms with E-state index in [4.69, 9.17) is 9.47 Å². The summed E-state index contributed by atoms with van der Waals surface area (Å²) in [5.41, 5.74) is 4.77. The smallest absolute Gasteiger partial charge is 0.164 e. The first-order valence-corrected chi connectivity index (χ1v) is 12.0. The van der Waals surface area contributed by atoms with Crippen LogP contribution in [-0.2, 0) is 18.3 Å². The molecule has 0 unspecified atom stereocenters. The Morgan fingerprint density at radius 2 is 1.84 bits per heavy atom. The molecule has 37 heavy (non-hydrogen) atoms. The van der Waals surface area contributed by atoms with E-state index in [1.807, 2.05) is 43.0 Å². The fraction of sp³-hybridized carbons (Fsp3) is 0.320. The minimum absolute atomic E-state index is 0.260. The van der Waals surface area contributed by atoms with Gasteiger partial charge in [-0.3, -0.25) is 9.58 Å². The van der Waals surface area contributed by atoms with Crippen molar-refractivity contribution in [2.75, 3.05) is 50.3 Å². The van der Waals surface area contributed by atoms with Gasteiger partial charge in [-0.05, 0) is 11.6 Å². The quantitative estimate of drug-likeness (QED) is 0.309. The van der Waals surface area contributed by atoms with Crippen LogP contribution >= 0.6 is 0 Å². The summed E-state index contributed by atoms with van der Waals surface area (Å²) in [7, 11) is 1.82. The van der Waals surface area contributed by atoms with Crippen LogP contribution < -0.4 is 15.5 Å². The fourth-order valence-electron chi connectivity index (χ4n) is 3.93. The Hall–Kier alpha value is -4.13. The van der Waals surface area contributed by atoms with Gasteiger partial charge in [-0.15, -0.1) is 0 Å². The maximum atomic E-state index is 11.4. The average molecular weight is 503 g/mol. The number of aryl methyl sites for hydroxylation is 1. The first-order chi connectivity index (χ1) is 18.2. The molecule has 5 rings (SSSR count). The summed E-state index contributed by atoms with van der Waals surface area (Å²) in [5.74, 6) is 2.12. The minimum atomic E-state index is 0.260. The lowest BCUT2D eigenvalue weighted by Crippen LogP contribution is -2.38. The highest BCUT2D eigenvalue weighted by atomic mass is 16.5. The molecule has 0 bridgehead atoms. The number of benzene rings is 1. The third-order valence-electron chi connectivity index (χ3n) is 5.92. The standard InChI is InChI=1S/C25H28N9O3/c1-33-17-20(13-30-33)24-29-16-22(32-35)25(31-24)26-12-18-3-2-4-19(11-18)23-27-14-21(15-28-23)37-10-7-34-5-8-36-9-6-34/h2-4,11,13-17,32H,5-10,12H2,1H3,(H,26,29,31)/q-1. The van der Waals surface area contributed by atoms with E-state index in [1.165, 1.54) is 6.20 Å². The van der Waals surface area contributed by atoms with Crippen molar-refractivity contribution in [1.82, 2.24) is 34.6 Å². The van der Waals surface area contributed by atoms with Crippen LogP contribution in [0.2, 0.25) is 0 Å². The second-order valence-electron chi connectivity index (χ2n) is 8.56. The highest BCUT2D eigenvalue weighted by molar-refractivity contribution is 5.67. The normalized spacial score (nSPS) is 13.9. The molecule has 0 spiro atoms. The van der Waals surface area contributed by atoms with Gasteiger partial charge in [-0.1, -0.05) is 18.2 Å². The number of hydrogen-bond acceptors (Lipinski definition) is 11. The minimum Gasteiger partial charge on any atom is -0.761 e. The molecule has 3 aromatic heterocycles. The van der Waals surface area contributed by atoms with E-state index in [1.54, 1.807) is 23.3 Å². The van der Waals surface area contributed by atoms with Crippen LogP contribution in [0.15, 0.2) is 55.2 Å². The number of hydrogen-bond donors (Lipinski definition) is 2. The molecule has 4 aromatic rings. The number of nitrogens with zero attached hydrogens (tertiary/aromatic N) is 7. The summed E-state index contributed by atoms with van der Waals surface area (Å²) in [6, 6.07) is 7.87. The van der Waals surface area contributed by atoms with E-state index in [0.29, 0.717) is 36.4 Å². The van der Waals surface area contributed by atoms with Gasteiger partial charge in [0.25, 0.3) is 0 Å². The van der Waals surface area contributed by atoms with Gasteiger partial charge in [0.2, 0.25) is 0 Å². The predicted molar refractivity (Wildman–Crippen MR) is 139 cm³/mol. The molecule has 0 amide bonds. The first kappa shape index (κ1) is 24.6. The van der Waals surface area contributed by atoms with Crippen LogP contribution in [0.4, 0.5) is 11.5 Å². The molecule has 0 radical (unpaired) electrons. The maximum Gasteiger partial charge on any atom is 0.164 e. The van der Waals surface area contributed by atoms with E-state index in [0.717, 1.165) is 49.5 Å². The summed E-state index contributed by atoms with van der Waals surface area (Å²) in [5, 5.41) is 18.8. The molecule has 1 fully saturated rings. The SMILES string of the molecule is Cn1cc(-c2ncc(N[O-])c(NCc3cccc(-c4ncc(OCCN5CCOCC5)cn4)c3)n2)cn1. The summed E-state index contributed by atoms with van der Waals surface area (Å²) < 4.78 is 12.8. The lowest BCUT2D eigenvalue weighted by atomic mass is 10.1. The van der Waals surface area contributed by atoms with Crippen LogP contribution in [0.1, 0.15) is 5.56 Å². The van der Waals surface area contributed by atoms with Crippen molar-refractivity contribution in [2.24, 2.45) is 7.05 Å². The molecule has 2 N–H and O–H groups in total. The maximum absolute atomic E-state index is 11.4. The number of morpholine rings is 1. The van der Waals surface area contributed by atoms with Crippen molar-refractivity contribution in [3.05, 3.63) is 66.0 Å². The van der Waals surface area contributed by atoms with E-state index in [-0.39, 0.29) is 5.69 Å². The van der Waals surface area contributed by atoms with Crippen LogP contribution in [-0.4, -0.2) is 74.1 Å². The number of rotatable bonds is 10. The molecule has 192 valence electrons.